The number of pyridine rings is 1. The summed E-state index contributed by atoms with van der Waals surface area (Å²) >= 11 is 14.7. The van der Waals surface area contributed by atoms with Crippen molar-refractivity contribution in [2.45, 2.75) is 13.5 Å². The fraction of sp³-hybridized carbons (Fsp3) is 0.182. The number of halogens is 3. The van der Waals surface area contributed by atoms with Gasteiger partial charge in [-0.15, -0.1) is 11.3 Å². The fourth-order valence-corrected chi connectivity index (χ4v) is 3.78. The molecule has 2 aromatic heterocycles. The Balaban J connectivity index is 2.12. The van der Waals surface area contributed by atoms with Gasteiger partial charge in [0.15, 0.2) is 5.15 Å². The first-order valence-electron chi connectivity index (χ1n) is 4.86. The highest BCUT2D eigenvalue weighted by Crippen LogP contribution is 2.33. The van der Waals surface area contributed by atoms with Crippen LogP contribution in [0.2, 0.25) is 5.15 Å². The van der Waals surface area contributed by atoms with E-state index >= 15 is 0 Å². The summed E-state index contributed by atoms with van der Waals surface area (Å²) in [6.45, 7) is 2.75. The number of hydrogen-bond acceptors (Lipinski definition) is 3. The van der Waals surface area contributed by atoms with Crippen molar-refractivity contribution in [2.75, 3.05) is 5.32 Å². The Bertz CT molecular complexity index is 503. The number of aromatic nitrogens is 1. The van der Waals surface area contributed by atoms with Gasteiger partial charge in [-0.1, -0.05) is 11.6 Å². The van der Waals surface area contributed by atoms with Crippen molar-refractivity contribution in [3.63, 3.8) is 0 Å². The molecule has 90 valence electrons. The van der Waals surface area contributed by atoms with Crippen LogP contribution in [0.25, 0.3) is 0 Å². The van der Waals surface area contributed by atoms with E-state index in [2.05, 4.69) is 48.2 Å². The molecule has 17 heavy (non-hydrogen) atoms. The minimum absolute atomic E-state index is 0.514. The van der Waals surface area contributed by atoms with Gasteiger partial charge in [0.2, 0.25) is 0 Å². The molecule has 0 atom stereocenters. The van der Waals surface area contributed by atoms with Crippen LogP contribution in [0.5, 0.6) is 0 Å². The molecule has 0 saturated heterocycles. The average Bonchev–Trinajstić information content (AvgIpc) is 2.58. The molecule has 0 unspecified atom stereocenters. The van der Waals surface area contributed by atoms with Crippen LogP contribution in [0.15, 0.2) is 26.6 Å². The molecular formula is C11H9Br2ClN2S. The van der Waals surface area contributed by atoms with Crippen molar-refractivity contribution in [3.8, 4) is 0 Å². The number of nitrogens with zero attached hydrogens (tertiary/aromatic N) is 1. The predicted octanol–water partition coefficient (Wildman–Crippen LogP) is 5.24. The normalized spacial score (nSPS) is 10.6. The van der Waals surface area contributed by atoms with E-state index in [0.29, 0.717) is 5.15 Å². The number of thiophene rings is 1. The molecule has 2 nitrogen and oxygen atoms in total. The van der Waals surface area contributed by atoms with Gasteiger partial charge in [-0.3, -0.25) is 0 Å². The van der Waals surface area contributed by atoms with Crippen LogP contribution < -0.4 is 5.32 Å². The van der Waals surface area contributed by atoms with Gasteiger partial charge in [0.25, 0.3) is 0 Å². The number of aryl methyl sites for hydroxylation is 1. The molecule has 0 bridgehead atoms. The fourth-order valence-electron chi connectivity index (χ4n) is 1.39. The van der Waals surface area contributed by atoms with Gasteiger partial charge >= 0.3 is 0 Å². The molecule has 1 N–H and O–H groups in total. The van der Waals surface area contributed by atoms with Crippen molar-refractivity contribution in [1.82, 2.24) is 4.98 Å². The van der Waals surface area contributed by atoms with Crippen molar-refractivity contribution in [1.29, 1.82) is 0 Å². The zero-order valence-electron chi connectivity index (χ0n) is 8.93. The van der Waals surface area contributed by atoms with Gasteiger partial charge in [0, 0.05) is 22.1 Å². The third-order valence-electron chi connectivity index (χ3n) is 2.25. The molecule has 6 heteroatoms. The van der Waals surface area contributed by atoms with E-state index in [0.717, 1.165) is 26.1 Å². The second kappa shape index (κ2) is 5.69. The SMILES string of the molecule is Cc1ccnc(Cl)c1NCc1cc(Br)c(Br)s1. The van der Waals surface area contributed by atoms with E-state index in [9.17, 15) is 0 Å². The molecule has 0 aliphatic carbocycles. The number of hydrogen-bond donors (Lipinski definition) is 1. The van der Waals surface area contributed by atoms with Crippen molar-refractivity contribution >= 4 is 60.5 Å². The van der Waals surface area contributed by atoms with Crippen LogP contribution in [0, 0.1) is 6.92 Å². The first-order chi connectivity index (χ1) is 8.08. The Morgan fingerprint density at radius 2 is 2.24 bits per heavy atom. The molecule has 0 spiro atoms. The summed E-state index contributed by atoms with van der Waals surface area (Å²) in [7, 11) is 0. The summed E-state index contributed by atoms with van der Waals surface area (Å²) in [5.41, 5.74) is 1.99. The molecule has 0 amide bonds. The first kappa shape index (κ1) is 13.3. The molecule has 2 rings (SSSR count). The average molecular weight is 397 g/mol. The summed E-state index contributed by atoms with van der Waals surface area (Å²) in [4.78, 5) is 5.29. The van der Waals surface area contributed by atoms with Crippen LogP contribution in [0.4, 0.5) is 5.69 Å². The van der Waals surface area contributed by atoms with Crippen molar-refractivity contribution in [2.24, 2.45) is 0 Å². The van der Waals surface area contributed by atoms with Gasteiger partial charge in [0.1, 0.15) is 0 Å². The van der Waals surface area contributed by atoms with E-state index in [1.807, 2.05) is 13.0 Å². The quantitative estimate of drug-likeness (QED) is 0.718. The highest BCUT2D eigenvalue weighted by molar-refractivity contribution is 9.13. The molecular weight excluding hydrogens is 387 g/mol. The van der Waals surface area contributed by atoms with Crippen molar-refractivity contribution in [3.05, 3.63) is 42.2 Å². The van der Waals surface area contributed by atoms with Crippen LogP contribution in [0.1, 0.15) is 10.4 Å². The van der Waals surface area contributed by atoms with Gasteiger partial charge in [-0.05, 0) is 56.5 Å². The highest BCUT2D eigenvalue weighted by Gasteiger charge is 2.07. The maximum atomic E-state index is 6.04. The lowest BCUT2D eigenvalue weighted by molar-refractivity contribution is 1.15. The zero-order valence-corrected chi connectivity index (χ0v) is 13.7. The minimum Gasteiger partial charge on any atom is -0.377 e. The number of anilines is 1. The van der Waals surface area contributed by atoms with Crippen molar-refractivity contribution < 1.29 is 0 Å². The monoisotopic (exact) mass is 394 g/mol. The zero-order chi connectivity index (χ0) is 12.4. The molecule has 0 aliphatic rings. The van der Waals surface area contributed by atoms with E-state index in [1.54, 1.807) is 17.5 Å². The third-order valence-corrected chi connectivity index (χ3v) is 5.79. The maximum absolute atomic E-state index is 6.04. The summed E-state index contributed by atoms with van der Waals surface area (Å²) in [6, 6.07) is 4.02. The Labute approximate surface area is 126 Å². The minimum atomic E-state index is 0.514. The predicted molar refractivity (Wildman–Crippen MR) is 81.0 cm³/mol. The summed E-state index contributed by atoms with van der Waals surface area (Å²) in [6.07, 6.45) is 1.71. The van der Waals surface area contributed by atoms with Gasteiger partial charge in [0.05, 0.1) is 9.47 Å². The second-order valence-electron chi connectivity index (χ2n) is 3.48. The Hall–Kier alpha value is -0.1000. The van der Waals surface area contributed by atoms with E-state index in [-0.39, 0.29) is 0 Å². The topological polar surface area (TPSA) is 24.9 Å². The van der Waals surface area contributed by atoms with Crippen LogP contribution in [0.3, 0.4) is 0 Å². The van der Waals surface area contributed by atoms with Gasteiger partial charge < -0.3 is 5.32 Å². The highest BCUT2D eigenvalue weighted by atomic mass is 79.9. The van der Waals surface area contributed by atoms with Crippen LogP contribution >= 0.6 is 54.8 Å². The van der Waals surface area contributed by atoms with E-state index in [1.165, 1.54) is 4.88 Å². The summed E-state index contributed by atoms with van der Waals surface area (Å²) in [5.74, 6) is 0. The summed E-state index contributed by atoms with van der Waals surface area (Å²) in [5, 5.41) is 3.83. The molecule has 0 aromatic carbocycles. The molecule has 2 heterocycles. The lowest BCUT2D eigenvalue weighted by atomic mass is 10.2. The van der Waals surface area contributed by atoms with E-state index < -0.39 is 0 Å². The van der Waals surface area contributed by atoms with E-state index in [4.69, 9.17) is 11.6 Å². The van der Waals surface area contributed by atoms with Gasteiger partial charge in [-0.25, -0.2) is 4.98 Å². The Morgan fingerprint density at radius 3 is 2.82 bits per heavy atom. The largest absolute Gasteiger partial charge is 0.377 e. The summed E-state index contributed by atoms with van der Waals surface area (Å²) < 4.78 is 2.18. The van der Waals surface area contributed by atoms with Crippen LogP contribution in [-0.2, 0) is 6.54 Å². The number of nitrogens with one attached hydrogen (secondary N) is 1. The molecule has 0 radical (unpaired) electrons. The lowest BCUT2D eigenvalue weighted by Gasteiger charge is -2.09. The van der Waals surface area contributed by atoms with Crippen LogP contribution in [-0.4, -0.2) is 4.98 Å². The third kappa shape index (κ3) is 3.22. The smallest absolute Gasteiger partial charge is 0.152 e. The number of rotatable bonds is 3. The maximum Gasteiger partial charge on any atom is 0.152 e. The molecule has 0 saturated carbocycles. The Kier molecular flexibility index (Phi) is 4.47. The second-order valence-corrected chi connectivity index (χ2v) is 7.15. The molecule has 2 aromatic rings. The Morgan fingerprint density at radius 1 is 1.47 bits per heavy atom. The standard InChI is InChI=1S/C11H9Br2ClN2S/c1-6-2-3-15-11(14)9(6)16-5-7-4-8(12)10(13)17-7/h2-4,16H,5H2,1H3. The molecule has 0 aliphatic heterocycles. The first-order valence-corrected chi connectivity index (χ1v) is 7.64. The molecule has 0 fully saturated rings. The van der Waals surface area contributed by atoms with Gasteiger partial charge in [-0.2, -0.15) is 0 Å². The lowest BCUT2D eigenvalue weighted by Crippen LogP contribution is -2.01.